The first-order valence-corrected chi connectivity index (χ1v) is 8.26. The summed E-state index contributed by atoms with van der Waals surface area (Å²) in [6.07, 6.45) is 0. The lowest BCUT2D eigenvalue weighted by Crippen LogP contribution is -2.57. The van der Waals surface area contributed by atoms with Gasteiger partial charge in [0.05, 0.1) is 16.2 Å². The summed E-state index contributed by atoms with van der Waals surface area (Å²) in [6.45, 7) is 5.41. The van der Waals surface area contributed by atoms with Gasteiger partial charge in [-0.1, -0.05) is 23.7 Å². The summed E-state index contributed by atoms with van der Waals surface area (Å²) in [4.78, 5) is 26.6. The number of benzene rings is 1. The molecule has 0 saturated carbocycles. The summed E-state index contributed by atoms with van der Waals surface area (Å²) in [6, 6.07) is 7.49. The van der Waals surface area contributed by atoms with Gasteiger partial charge in [-0.3, -0.25) is 9.59 Å². The third-order valence-corrected chi connectivity index (χ3v) is 5.01. The SMILES string of the molecule is CCNC(=O)C1CN(C(=O)[C@@H](C)Sc2ccccc2Cl)C1. The molecule has 1 N–H and O–H groups in total. The lowest BCUT2D eigenvalue weighted by molar-refractivity contribution is -0.142. The van der Waals surface area contributed by atoms with Gasteiger partial charge >= 0.3 is 0 Å². The highest BCUT2D eigenvalue weighted by atomic mass is 35.5. The van der Waals surface area contributed by atoms with Crippen LogP contribution >= 0.6 is 23.4 Å². The Bertz CT molecular complexity index is 532. The van der Waals surface area contributed by atoms with E-state index < -0.39 is 0 Å². The maximum absolute atomic E-state index is 12.3. The minimum atomic E-state index is -0.208. The molecule has 1 aromatic carbocycles. The smallest absolute Gasteiger partial charge is 0.235 e. The fourth-order valence-electron chi connectivity index (χ4n) is 2.18. The molecule has 0 bridgehead atoms. The number of nitrogens with zero attached hydrogens (tertiary/aromatic N) is 1. The number of carbonyl (C=O) groups is 2. The van der Waals surface area contributed by atoms with Crippen molar-refractivity contribution in [3.63, 3.8) is 0 Å². The second-order valence-corrected chi connectivity index (χ2v) is 6.82. The van der Waals surface area contributed by atoms with Crippen LogP contribution in [0.15, 0.2) is 29.2 Å². The number of likely N-dealkylation sites (tertiary alicyclic amines) is 1. The monoisotopic (exact) mass is 326 g/mol. The summed E-state index contributed by atoms with van der Waals surface area (Å²) in [5.74, 6) is 0.0276. The molecule has 6 heteroatoms. The molecule has 2 amide bonds. The molecule has 1 heterocycles. The van der Waals surface area contributed by atoms with Gasteiger partial charge in [0.15, 0.2) is 0 Å². The highest BCUT2D eigenvalue weighted by molar-refractivity contribution is 8.00. The molecule has 0 radical (unpaired) electrons. The van der Waals surface area contributed by atoms with E-state index in [1.165, 1.54) is 11.8 Å². The zero-order chi connectivity index (χ0) is 15.4. The summed E-state index contributed by atoms with van der Waals surface area (Å²) in [5.41, 5.74) is 0. The number of halogens is 1. The van der Waals surface area contributed by atoms with Crippen LogP contribution in [-0.2, 0) is 9.59 Å². The Kier molecular flexibility index (Phi) is 5.53. The molecular formula is C15H19ClN2O2S. The Balaban J connectivity index is 1.85. The first-order valence-electron chi connectivity index (χ1n) is 7.00. The third kappa shape index (κ3) is 3.92. The number of rotatable bonds is 5. The average molecular weight is 327 g/mol. The van der Waals surface area contributed by atoms with E-state index in [1.807, 2.05) is 38.1 Å². The maximum atomic E-state index is 12.3. The van der Waals surface area contributed by atoms with Crippen molar-refractivity contribution < 1.29 is 9.59 Å². The molecule has 2 rings (SSSR count). The highest BCUT2D eigenvalue weighted by Gasteiger charge is 2.37. The number of hydrogen-bond donors (Lipinski definition) is 1. The second-order valence-electron chi connectivity index (χ2n) is 5.03. The van der Waals surface area contributed by atoms with Gasteiger partial charge in [0.2, 0.25) is 11.8 Å². The number of amides is 2. The fourth-order valence-corrected chi connectivity index (χ4v) is 3.42. The first-order chi connectivity index (χ1) is 10.0. The Morgan fingerprint density at radius 1 is 1.43 bits per heavy atom. The van der Waals surface area contributed by atoms with Gasteiger partial charge in [-0.2, -0.15) is 0 Å². The van der Waals surface area contributed by atoms with Crippen LogP contribution in [0.3, 0.4) is 0 Å². The Morgan fingerprint density at radius 3 is 2.71 bits per heavy atom. The molecular weight excluding hydrogens is 308 g/mol. The predicted octanol–water partition coefficient (Wildman–Crippen LogP) is 2.42. The van der Waals surface area contributed by atoms with Crippen LogP contribution in [0.25, 0.3) is 0 Å². The van der Waals surface area contributed by atoms with Crippen molar-refractivity contribution in [3.8, 4) is 0 Å². The van der Waals surface area contributed by atoms with Crippen molar-refractivity contribution in [2.75, 3.05) is 19.6 Å². The summed E-state index contributed by atoms with van der Waals surface area (Å²) in [5, 5.41) is 3.23. The van der Waals surface area contributed by atoms with Crippen LogP contribution in [0, 0.1) is 5.92 Å². The molecule has 0 spiro atoms. The fraction of sp³-hybridized carbons (Fsp3) is 0.467. The quantitative estimate of drug-likeness (QED) is 0.845. The topological polar surface area (TPSA) is 49.4 Å². The van der Waals surface area contributed by atoms with Gasteiger partial charge in [-0.05, 0) is 26.0 Å². The van der Waals surface area contributed by atoms with Gasteiger partial charge in [0.25, 0.3) is 0 Å². The third-order valence-electron chi connectivity index (χ3n) is 3.40. The predicted molar refractivity (Wildman–Crippen MR) is 85.5 cm³/mol. The lowest BCUT2D eigenvalue weighted by atomic mass is 9.99. The number of carbonyl (C=O) groups excluding carboxylic acids is 2. The maximum Gasteiger partial charge on any atom is 0.235 e. The van der Waals surface area contributed by atoms with Crippen LogP contribution in [0.1, 0.15) is 13.8 Å². The number of hydrogen-bond acceptors (Lipinski definition) is 3. The van der Waals surface area contributed by atoms with Crippen LogP contribution < -0.4 is 5.32 Å². The molecule has 1 aliphatic heterocycles. The van der Waals surface area contributed by atoms with Crippen molar-refractivity contribution in [3.05, 3.63) is 29.3 Å². The largest absolute Gasteiger partial charge is 0.356 e. The van der Waals surface area contributed by atoms with Crippen LogP contribution in [0.2, 0.25) is 5.02 Å². The molecule has 0 unspecified atom stereocenters. The first kappa shape index (κ1) is 16.2. The Morgan fingerprint density at radius 2 is 2.10 bits per heavy atom. The van der Waals surface area contributed by atoms with E-state index in [4.69, 9.17) is 11.6 Å². The van der Waals surface area contributed by atoms with Crippen molar-refractivity contribution in [2.45, 2.75) is 24.0 Å². The molecule has 1 atom stereocenters. The second kappa shape index (κ2) is 7.18. The summed E-state index contributed by atoms with van der Waals surface area (Å²) < 4.78 is 0. The molecule has 21 heavy (non-hydrogen) atoms. The zero-order valence-corrected chi connectivity index (χ0v) is 13.7. The van der Waals surface area contributed by atoms with Crippen molar-refractivity contribution in [1.29, 1.82) is 0 Å². The highest BCUT2D eigenvalue weighted by Crippen LogP contribution is 2.31. The van der Waals surface area contributed by atoms with Gasteiger partial charge in [-0.25, -0.2) is 0 Å². The molecule has 1 saturated heterocycles. The molecule has 114 valence electrons. The number of thioether (sulfide) groups is 1. The lowest BCUT2D eigenvalue weighted by Gasteiger charge is -2.39. The molecule has 4 nitrogen and oxygen atoms in total. The van der Waals surface area contributed by atoms with Crippen molar-refractivity contribution >= 4 is 35.2 Å². The molecule has 1 aromatic rings. The molecule has 0 aliphatic carbocycles. The van der Waals surface area contributed by atoms with Crippen molar-refractivity contribution in [2.24, 2.45) is 5.92 Å². The average Bonchev–Trinajstić information content (AvgIpc) is 2.39. The minimum Gasteiger partial charge on any atom is -0.356 e. The van der Waals surface area contributed by atoms with Crippen molar-refractivity contribution in [1.82, 2.24) is 10.2 Å². The van der Waals surface area contributed by atoms with E-state index in [0.717, 1.165) is 4.90 Å². The van der Waals surface area contributed by atoms with Gasteiger partial charge in [0.1, 0.15) is 0 Å². The summed E-state index contributed by atoms with van der Waals surface area (Å²) >= 11 is 7.55. The minimum absolute atomic E-state index is 0.0351. The van der Waals surface area contributed by atoms with E-state index in [1.54, 1.807) is 4.90 Å². The molecule has 0 aromatic heterocycles. The van der Waals surface area contributed by atoms with E-state index in [9.17, 15) is 9.59 Å². The van der Waals surface area contributed by atoms with Gasteiger partial charge < -0.3 is 10.2 Å². The standard InChI is InChI=1S/C15H19ClN2O2S/c1-3-17-14(19)11-8-18(9-11)15(20)10(2)21-13-7-5-4-6-12(13)16/h4-7,10-11H,3,8-9H2,1-2H3,(H,17,19)/t10-/m1/s1. The zero-order valence-electron chi connectivity index (χ0n) is 12.1. The van der Waals surface area contributed by atoms with Crippen LogP contribution in [0.5, 0.6) is 0 Å². The molecule has 1 aliphatic rings. The Hall–Kier alpha value is -1.20. The summed E-state index contributed by atoms with van der Waals surface area (Å²) in [7, 11) is 0. The van der Waals surface area contributed by atoms with Gasteiger partial charge in [-0.15, -0.1) is 11.8 Å². The number of nitrogens with one attached hydrogen (secondary N) is 1. The van der Waals surface area contributed by atoms with Crippen LogP contribution in [-0.4, -0.2) is 41.6 Å². The van der Waals surface area contributed by atoms with E-state index >= 15 is 0 Å². The normalized spacial score (nSPS) is 16.2. The van der Waals surface area contributed by atoms with Gasteiger partial charge in [0, 0.05) is 24.5 Å². The van der Waals surface area contributed by atoms with Crippen LogP contribution in [0.4, 0.5) is 0 Å². The van der Waals surface area contributed by atoms with E-state index in [0.29, 0.717) is 24.7 Å². The van der Waals surface area contributed by atoms with E-state index in [-0.39, 0.29) is 23.0 Å². The Labute approximate surface area is 134 Å². The van der Waals surface area contributed by atoms with E-state index in [2.05, 4.69) is 5.32 Å². The molecule has 1 fully saturated rings.